The van der Waals surface area contributed by atoms with Gasteiger partial charge in [0, 0.05) is 6.04 Å². The van der Waals surface area contributed by atoms with Crippen LogP contribution in [0.3, 0.4) is 0 Å². The normalized spacial score (nSPS) is 18.5. The lowest BCUT2D eigenvalue weighted by atomic mass is 9.86. The number of para-hydroxylation sites is 1. The molecule has 3 amide bonds. The molecule has 1 heterocycles. The summed E-state index contributed by atoms with van der Waals surface area (Å²) in [7, 11) is 0. The van der Waals surface area contributed by atoms with Crippen molar-refractivity contribution >= 4 is 29.5 Å². The predicted molar refractivity (Wildman–Crippen MR) is 112 cm³/mol. The minimum atomic E-state index is -0.781. The van der Waals surface area contributed by atoms with Crippen molar-refractivity contribution in [2.75, 3.05) is 6.61 Å². The van der Waals surface area contributed by atoms with Gasteiger partial charge < -0.3 is 10.1 Å². The number of ether oxygens (including phenoxy) is 1. The number of halogens is 1. The summed E-state index contributed by atoms with van der Waals surface area (Å²) in [4.78, 5) is 36.5. The third-order valence-corrected chi connectivity index (χ3v) is 5.57. The molecule has 1 fully saturated rings. The van der Waals surface area contributed by atoms with E-state index in [1.54, 1.807) is 19.1 Å². The van der Waals surface area contributed by atoms with Gasteiger partial charge in [-0.15, -0.1) is 0 Å². The van der Waals surface area contributed by atoms with E-state index in [0.29, 0.717) is 17.3 Å². The van der Waals surface area contributed by atoms with E-state index in [1.807, 2.05) is 18.2 Å². The Morgan fingerprint density at radius 3 is 2.60 bits per heavy atom. The molecule has 160 valence electrons. The highest BCUT2D eigenvalue weighted by atomic mass is 35.5. The molecule has 30 heavy (non-hydrogen) atoms. The molecule has 0 aliphatic heterocycles. The Morgan fingerprint density at radius 1 is 1.20 bits per heavy atom. The van der Waals surface area contributed by atoms with Gasteiger partial charge in [0.2, 0.25) is 0 Å². The summed E-state index contributed by atoms with van der Waals surface area (Å²) in [5.41, 5.74) is 1.14. The molecule has 1 aliphatic carbocycles. The van der Waals surface area contributed by atoms with Gasteiger partial charge in [-0.3, -0.25) is 10.1 Å². The molecule has 2 atom stereocenters. The maximum atomic E-state index is 12.4. The molecule has 1 saturated carbocycles. The molecule has 2 N–H and O–H groups in total. The van der Waals surface area contributed by atoms with Crippen LogP contribution in [0.1, 0.15) is 48.7 Å². The minimum absolute atomic E-state index is 0.0411. The van der Waals surface area contributed by atoms with Crippen LogP contribution in [0.15, 0.2) is 30.3 Å². The van der Waals surface area contributed by atoms with Crippen molar-refractivity contribution in [3.05, 3.63) is 46.7 Å². The van der Waals surface area contributed by atoms with Gasteiger partial charge in [-0.2, -0.15) is 5.10 Å². The second-order valence-corrected chi connectivity index (χ2v) is 7.82. The maximum absolute atomic E-state index is 12.4. The molecule has 9 heteroatoms. The summed E-state index contributed by atoms with van der Waals surface area (Å²) in [5.74, 6) is -1.13. The number of benzene rings is 1. The Bertz CT molecular complexity index is 929. The topological polar surface area (TPSA) is 102 Å². The number of hydrogen-bond donors (Lipinski definition) is 2. The molecular formula is C21H25ClN4O4. The van der Waals surface area contributed by atoms with E-state index in [0.717, 1.165) is 25.7 Å². The van der Waals surface area contributed by atoms with E-state index < -0.39 is 24.5 Å². The van der Waals surface area contributed by atoms with E-state index in [-0.39, 0.29) is 16.8 Å². The number of carbonyl (C=O) groups is 3. The molecule has 8 nitrogen and oxygen atoms in total. The molecule has 3 rings (SSSR count). The predicted octanol–water partition coefficient (Wildman–Crippen LogP) is 3.40. The van der Waals surface area contributed by atoms with Crippen LogP contribution in [0.2, 0.25) is 5.15 Å². The van der Waals surface area contributed by atoms with Crippen molar-refractivity contribution in [2.24, 2.45) is 5.92 Å². The van der Waals surface area contributed by atoms with Crippen molar-refractivity contribution in [1.82, 2.24) is 20.4 Å². The van der Waals surface area contributed by atoms with Crippen molar-refractivity contribution in [3.8, 4) is 5.69 Å². The first-order valence-electron chi connectivity index (χ1n) is 9.95. The fraction of sp³-hybridized carbons (Fsp3) is 0.429. The first-order chi connectivity index (χ1) is 14.4. The molecule has 0 spiro atoms. The standard InChI is InChI=1S/C21H25ClN4O4/c1-13-8-6-7-11-16(13)23-21(29)24-17(27)12-30-20(28)18-14(2)25-26(19(18)22)15-9-4-3-5-10-15/h3-5,9-10,13,16H,6-8,11-12H2,1-2H3,(H2,23,24,27,29). The molecule has 1 aliphatic rings. The number of aryl methyl sites for hydroxylation is 1. The summed E-state index contributed by atoms with van der Waals surface area (Å²) in [6.07, 6.45) is 4.14. The molecular weight excluding hydrogens is 408 g/mol. The first kappa shape index (κ1) is 21.8. The number of rotatable bonds is 5. The average Bonchev–Trinajstić information content (AvgIpc) is 3.02. The van der Waals surface area contributed by atoms with Crippen LogP contribution in [0.4, 0.5) is 4.79 Å². The third-order valence-electron chi connectivity index (χ3n) is 5.22. The number of imide groups is 1. The fourth-order valence-electron chi connectivity index (χ4n) is 3.57. The van der Waals surface area contributed by atoms with Gasteiger partial charge in [-0.05, 0) is 37.8 Å². The van der Waals surface area contributed by atoms with Crippen LogP contribution in [-0.2, 0) is 9.53 Å². The Labute approximate surface area is 179 Å². The van der Waals surface area contributed by atoms with Crippen LogP contribution in [0.5, 0.6) is 0 Å². The van der Waals surface area contributed by atoms with Crippen molar-refractivity contribution < 1.29 is 19.1 Å². The molecule has 0 bridgehead atoms. The summed E-state index contributed by atoms with van der Waals surface area (Å²) >= 11 is 6.32. The molecule has 1 aromatic heterocycles. The van der Waals surface area contributed by atoms with Gasteiger partial charge in [0.05, 0.1) is 11.4 Å². The van der Waals surface area contributed by atoms with Crippen molar-refractivity contribution in [2.45, 2.75) is 45.6 Å². The highest BCUT2D eigenvalue weighted by Crippen LogP contribution is 2.25. The lowest BCUT2D eigenvalue weighted by Gasteiger charge is -2.29. The van der Waals surface area contributed by atoms with Gasteiger partial charge in [-0.25, -0.2) is 14.3 Å². The molecule has 0 saturated heterocycles. The Kier molecular flexibility index (Phi) is 7.10. The van der Waals surface area contributed by atoms with Crippen LogP contribution in [0.25, 0.3) is 5.69 Å². The number of amides is 3. The van der Waals surface area contributed by atoms with Gasteiger partial charge in [0.25, 0.3) is 5.91 Å². The van der Waals surface area contributed by atoms with E-state index in [1.165, 1.54) is 4.68 Å². The summed E-state index contributed by atoms with van der Waals surface area (Å²) < 4.78 is 6.47. The largest absolute Gasteiger partial charge is 0.452 e. The second-order valence-electron chi connectivity index (χ2n) is 7.46. The number of nitrogens with zero attached hydrogens (tertiary/aromatic N) is 2. The average molecular weight is 433 g/mol. The fourth-order valence-corrected chi connectivity index (χ4v) is 3.92. The molecule has 2 unspecified atom stereocenters. The molecule has 1 aromatic carbocycles. The van der Waals surface area contributed by atoms with Gasteiger partial charge in [-0.1, -0.05) is 49.6 Å². The van der Waals surface area contributed by atoms with Crippen LogP contribution < -0.4 is 10.6 Å². The Balaban J connectivity index is 1.54. The number of nitrogens with one attached hydrogen (secondary N) is 2. The summed E-state index contributed by atoms with van der Waals surface area (Å²) in [5, 5.41) is 9.37. The Hall–Kier alpha value is -2.87. The summed E-state index contributed by atoms with van der Waals surface area (Å²) in [6, 6.07) is 8.56. The van der Waals surface area contributed by atoms with Gasteiger partial charge >= 0.3 is 12.0 Å². The number of esters is 1. The molecule has 2 aromatic rings. The van der Waals surface area contributed by atoms with Crippen molar-refractivity contribution in [1.29, 1.82) is 0 Å². The van der Waals surface area contributed by atoms with Gasteiger partial charge in [0.1, 0.15) is 10.7 Å². The molecule has 0 radical (unpaired) electrons. The third kappa shape index (κ3) is 5.18. The zero-order valence-electron chi connectivity index (χ0n) is 17.0. The van der Waals surface area contributed by atoms with Crippen molar-refractivity contribution in [3.63, 3.8) is 0 Å². The zero-order valence-corrected chi connectivity index (χ0v) is 17.7. The van der Waals surface area contributed by atoms with Crippen LogP contribution in [0, 0.1) is 12.8 Å². The zero-order chi connectivity index (χ0) is 21.7. The van der Waals surface area contributed by atoms with E-state index in [4.69, 9.17) is 16.3 Å². The number of carbonyl (C=O) groups excluding carboxylic acids is 3. The van der Waals surface area contributed by atoms with E-state index in [9.17, 15) is 14.4 Å². The van der Waals surface area contributed by atoms with Gasteiger partial charge in [0.15, 0.2) is 6.61 Å². The Morgan fingerprint density at radius 2 is 1.90 bits per heavy atom. The highest BCUT2D eigenvalue weighted by molar-refractivity contribution is 6.33. The SMILES string of the molecule is Cc1nn(-c2ccccc2)c(Cl)c1C(=O)OCC(=O)NC(=O)NC1CCCCC1C. The lowest BCUT2D eigenvalue weighted by Crippen LogP contribution is -2.48. The lowest BCUT2D eigenvalue weighted by molar-refractivity contribution is -0.123. The number of urea groups is 1. The number of hydrogen-bond acceptors (Lipinski definition) is 5. The van der Waals surface area contributed by atoms with Crippen LogP contribution >= 0.6 is 11.6 Å². The first-order valence-corrected chi connectivity index (χ1v) is 10.3. The van der Waals surface area contributed by atoms with Crippen LogP contribution in [-0.4, -0.2) is 40.3 Å². The summed E-state index contributed by atoms with van der Waals surface area (Å²) in [6.45, 7) is 3.11. The quantitative estimate of drug-likeness (QED) is 0.705. The smallest absolute Gasteiger partial charge is 0.343 e. The minimum Gasteiger partial charge on any atom is -0.452 e. The number of aromatic nitrogens is 2. The maximum Gasteiger partial charge on any atom is 0.343 e. The second kappa shape index (κ2) is 9.75. The van der Waals surface area contributed by atoms with E-state index in [2.05, 4.69) is 22.7 Å². The monoisotopic (exact) mass is 432 g/mol. The highest BCUT2D eigenvalue weighted by Gasteiger charge is 2.25. The van der Waals surface area contributed by atoms with E-state index >= 15 is 0 Å².